The van der Waals surface area contributed by atoms with Gasteiger partial charge in [-0.05, 0) is 24.1 Å². The highest BCUT2D eigenvalue weighted by Gasteiger charge is 2.12. The van der Waals surface area contributed by atoms with E-state index in [2.05, 4.69) is 10.4 Å². The van der Waals surface area contributed by atoms with Gasteiger partial charge in [-0.3, -0.25) is 11.3 Å². The summed E-state index contributed by atoms with van der Waals surface area (Å²) in [6.45, 7) is 0. The van der Waals surface area contributed by atoms with Crippen LogP contribution >= 0.6 is 11.3 Å². The highest BCUT2D eigenvalue weighted by atomic mass is 32.1. The van der Waals surface area contributed by atoms with E-state index in [1.165, 1.54) is 23.5 Å². The second-order valence-corrected chi connectivity index (χ2v) is 4.95. The van der Waals surface area contributed by atoms with E-state index in [-0.39, 0.29) is 6.04 Å². The standard InChI is InChI=1S/C12H13F2N3S/c13-9-3-8(4-10(14)6-9)5-11(17-15)7-12-16-1-2-18-12/h1-4,6,11,17H,5,7,15H2. The van der Waals surface area contributed by atoms with Crippen LogP contribution in [0.3, 0.4) is 0 Å². The zero-order chi connectivity index (χ0) is 13.0. The topological polar surface area (TPSA) is 50.9 Å². The Labute approximate surface area is 108 Å². The summed E-state index contributed by atoms with van der Waals surface area (Å²) in [6.07, 6.45) is 2.80. The zero-order valence-electron chi connectivity index (χ0n) is 9.57. The zero-order valence-corrected chi connectivity index (χ0v) is 10.4. The molecule has 1 aromatic heterocycles. The lowest BCUT2D eigenvalue weighted by molar-refractivity contribution is 0.515. The van der Waals surface area contributed by atoms with E-state index in [0.29, 0.717) is 18.4 Å². The van der Waals surface area contributed by atoms with Gasteiger partial charge >= 0.3 is 0 Å². The maximum Gasteiger partial charge on any atom is 0.126 e. The predicted molar refractivity (Wildman–Crippen MR) is 67.0 cm³/mol. The minimum atomic E-state index is -0.574. The molecule has 3 nitrogen and oxygen atoms in total. The average Bonchev–Trinajstić information content (AvgIpc) is 2.79. The van der Waals surface area contributed by atoms with Gasteiger partial charge in [-0.25, -0.2) is 13.8 Å². The molecule has 0 aliphatic heterocycles. The van der Waals surface area contributed by atoms with Gasteiger partial charge < -0.3 is 0 Å². The summed E-state index contributed by atoms with van der Waals surface area (Å²) in [7, 11) is 0. The molecule has 3 N–H and O–H groups in total. The summed E-state index contributed by atoms with van der Waals surface area (Å²) < 4.78 is 26.1. The smallest absolute Gasteiger partial charge is 0.126 e. The quantitative estimate of drug-likeness (QED) is 0.645. The summed E-state index contributed by atoms with van der Waals surface area (Å²) >= 11 is 1.53. The van der Waals surface area contributed by atoms with Crippen molar-refractivity contribution in [3.05, 3.63) is 52.0 Å². The number of hydrogen-bond acceptors (Lipinski definition) is 4. The van der Waals surface area contributed by atoms with Crippen LogP contribution in [0.5, 0.6) is 0 Å². The molecule has 96 valence electrons. The Hall–Kier alpha value is -1.37. The third kappa shape index (κ3) is 3.56. The number of aromatic nitrogens is 1. The van der Waals surface area contributed by atoms with E-state index >= 15 is 0 Å². The number of halogens is 2. The minimum absolute atomic E-state index is 0.0997. The third-order valence-corrected chi connectivity index (χ3v) is 3.35. The second kappa shape index (κ2) is 5.99. The van der Waals surface area contributed by atoms with Gasteiger partial charge in [0, 0.05) is 30.1 Å². The number of benzene rings is 1. The summed E-state index contributed by atoms with van der Waals surface area (Å²) in [4.78, 5) is 4.16. The van der Waals surface area contributed by atoms with Crippen LogP contribution < -0.4 is 11.3 Å². The molecule has 2 rings (SSSR count). The lowest BCUT2D eigenvalue weighted by Gasteiger charge is -2.14. The molecule has 1 unspecified atom stereocenters. The first-order valence-electron chi connectivity index (χ1n) is 5.47. The van der Waals surface area contributed by atoms with Crippen LogP contribution in [0.15, 0.2) is 29.8 Å². The monoisotopic (exact) mass is 269 g/mol. The van der Waals surface area contributed by atoms with Crippen LogP contribution in [-0.2, 0) is 12.8 Å². The van der Waals surface area contributed by atoms with Crippen molar-refractivity contribution in [3.63, 3.8) is 0 Å². The van der Waals surface area contributed by atoms with Crippen molar-refractivity contribution in [2.75, 3.05) is 0 Å². The molecule has 0 aliphatic carbocycles. The van der Waals surface area contributed by atoms with E-state index in [1.54, 1.807) is 6.20 Å². The van der Waals surface area contributed by atoms with Gasteiger partial charge in [0.25, 0.3) is 0 Å². The molecule has 0 radical (unpaired) electrons. The Balaban J connectivity index is 2.05. The SMILES string of the molecule is NNC(Cc1cc(F)cc(F)c1)Cc1nccs1. The Morgan fingerprint density at radius 3 is 2.50 bits per heavy atom. The first kappa shape index (κ1) is 13.1. The fourth-order valence-corrected chi connectivity index (χ4v) is 2.47. The van der Waals surface area contributed by atoms with Crippen molar-refractivity contribution < 1.29 is 8.78 Å². The van der Waals surface area contributed by atoms with Crippen molar-refractivity contribution in [2.45, 2.75) is 18.9 Å². The number of hydrogen-bond donors (Lipinski definition) is 2. The average molecular weight is 269 g/mol. The van der Waals surface area contributed by atoms with Gasteiger partial charge in [-0.1, -0.05) is 0 Å². The van der Waals surface area contributed by atoms with Crippen LogP contribution in [0.2, 0.25) is 0 Å². The van der Waals surface area contributed by atoms with E-state index in [0.717, 1.165) is 11.1 Å². The molecule has 18 heavy (non-hydrogen) atoms. The molecule has 2 aromatic rings. The number of thiazole rings is 1. The van der Waals surface area contributed by atoms with Gasteiger partial charge in [0.2, 0.25) is 0 Å². The van der Waals surface area contributed by atoms with Gasteiger partial charge in [0.05, 0.1) is 5.01 Å². The molecule has 1 aromatic carbocycles. The van der Waals surface area contributed by atoms with Crippen LogP contribution in [0.25, 0.3) is 0 Å². The lowest BCUT2D eigenvalue weighted by atomic mass is 10.0. The van der Waals surface area contributed by atoms with E-state index in [1.807, 2.05) is 5.38 Å². The summed E-state index contributed by atoms with van der Waals surface area (Å²) in [5.41, 5.74) is 3.23. The minimum Gasteiger partial charge on any atom is -0.271 e. The predicted octanol–water partition coefficient (Wildman–Crippen LogP) is 2.04. The Bertz CT molecular complexity index is 482. The van der Waals surface area contributed by atoms with Crippen molar-refractivity contribution >= 4 is 11.3 Å². The molecule has 0 saturated carbocycles. The molecule has 0 bridgehead atoms. The van der Waals surface area contributed by atoms with Crippen molar-refractivity contribution in [1.29, 1.82) is 0 Å². The molecule has 0 spiro atoms. The van der Waals surface area contributed by atoms with Crippen molar-refractivity contribution in [3.8, 4) is 0 Å². The Morgan fingerprint density at radius 2 is 1.94 bits per heavy atom. The van der Waals surface area contributed by atoms with Crippen LogP contribution in [0.1, 0.15) is 10.6 Å². The molecule has 0 aliphatic rings. The second-order valence-electron chi connectivity index (χ2n) is 3.98. The fraction of sp³-hybridized carbons (Fsp3) is 0.250. The van der Waals surface area contributed by atoms with Crippen molar-refractivity contribution in [2.24, 2.45) is 5.84 Å². The first-order valence-corrected chi connectivity index (χ1v) is 6.35. The normalized spacial score (nSPS) is 12.6. The maximum atomic E-state index is 13.1. The van der Waals surface area contributed by atoms with Gasteiger partial charge in [-0.2, -0.15) is 0 Å². The molecule has 1 heterocycles. The van der Waals surface area contributed by atoms with Crippen LogP contribution in [-0.4, -0.2) is 11.0 Å². The summed E-state index contributed by atoms with van der Waals surface area (Å²) in [6, 6.07) is 3.39. The molecule has 6 heteroatoms. The number of nitrogens with zero attached hydrogens (tertiary/aromatic N) is 1. The van der Waals surface area contributed by atoms with Crippen molar-refractivity contribution in [1.82, 2.24) is 10.4 Å². The highest BCUT2D eigenvalue weighted by molar-refractivity contribution is 7.09. The summed E-state index contributed by atoms with van der Waals surface area (Å²) in [5.74, 6) is 4.30. The van der Waals surface area contributed by atoms with Gasteiger partial charge in [0.15, 0.2) is 0 Å². The lowest BCUT2D eigenvalue weighted by Crippen LogP contribution is -2.38. The molecular formula is C12H13F2N3S. The van der Waals surface area contributed by atoms with Crippen LogP contribution in [0.4, 0.5) is 8.78 Å². The fourth-order valence-electron chi connectivity index (χ4n) is 1.77. The van der Waals surface area contributed by atoms with E-state index < -0.39 is 11.6 Å². The number of rotatable bonds is 5. The highest BCUT2D eigenvalue weighted by Crippen LogP contribution is 2.13. The van der Waals surface area contributed by atoms with Gasteiger partial charge in [0.1, 0.15) is 11.6 Å². The van der Waals surface area contributed by atoms with Gasteiger partial charge in [-0.15, -0.1) is 11.3 Å². The number of hydrazine groups is 1. The third-order valence-electron chi connectivity index (χ3n) is 2.54. The Kier molecular flexibility index (Phi) is 4.35. The number of nitrogens with one attached hydrogen (secondary N) is 1. The van der Waals surface area contributed by atoms with E-state index in [9.17, 15) is 8.78 Å². The number of nitrogens with two attached hydrogens (primary N) is 1. The molecule has 0 saturated heterocycles. The molecule has 0 amide bonds. The molecular weight excluding hydrogens is 256 g/mol. The summed E-state index contributed by atoms with van der Waals surface area (Å²) in [5, 5.41) is 2.82. The molecule has 0 fully saturated rings. The first-order chi connectivity index (χ1) is 8.67. The maximum absolute atomic E-state index is 13.1. The Morgan fingerprint density at radius 1 is 1.22 bits per heavy atom. The van der Waals surface area contributed by atoms with E-state index in [4.69, 9.17) is 5.84 Å². The van der Waals surface area contributed by atoms with Crippen LogP contribution in [0, 0.1) is 11.6 Å². The largest absolute Gasteiger partial charge is 0.271 e. The molecule has 1 atom stereocenters.